The summed E-state index contributed by atoms with van der Waals surface area (Å²) in [6.45, 7) is 0.587. The molecule has 0 saturated carbocycles. The minimum Gasteiger partial charge on any atom is -0.303 e. The smallest absolute Gasteiger partial charge is 0.241 e. The van der Waals surface area contributed by atoms with Crippen LogP contribution in [-0.4, -0.2) is 44.6 Å². The molecule has 7 heteroatoms. The maximum Gasteiger partial charge on any atom is 0.241 e. The summed E-state index contributed by atoms with van der Waals surface area (Å²) in [7, 11) is -1.49. The number of para-hydroxylation sites is 1. The fraction of sp³-hybridized carbons (Fsp3) is 0.250. The number of sulfone groups is 1. The van der Waals surface area contributed by atoms with Gasteiger partial charge in [-0.05, 0) is 43.0 Å². The minimum atomic E-state index is -3.29. The highest BCUT2D eigenvalue weighted by molar-refractivity contribution is 7.94. The van der Waals surface area contributed by atoms with Crippen molar-refractivity contribution in [1.82, 2.24) is 4.90 Å². The van der Waals surface area contributed by atoms with Crippen molar-refractivity contribution in [3.63, 3.8) is 0 Å². The Balaban J connectivity index is 1.75. The number of carbonyl (C=O) groups excluding carboxylic acids is 1. The zero-order valence-electron chi connectivity index (χ0n) is 15.0. The van der Waals surface area contributed by atoms with Gasteiger partial charge in [0, 0.05) is 17.6 Å². The normalized spacial score (nSPS) is 18.0. The molecule has 2 aromatic rings. The monoisotopic (exact) mass is 388 g/mol. The van der Waals surface area contributed by atoms with Gasteiger partial charge in [0.15, 0.2) is 9.84 Å². The number of hydrogen-bond acceptors (Lipinski definition) is 4. The number of halogens is 1. The van der Waals surface area contributed by atoms with Crippen LogP contribution in [0.4, 0.5) is 10.1 Å². The predicted molar refractivity (Wildman–Crippen MR) is 103 cm³/mol. The van der Waals surface area contributed by atoms with Gasteiger partial charge in [0.1, 0.15) is 5.82 Å². The van der Waals surface area contributed by atoms with Crippen molar-refractivity contribution < 1.29 is 17.6 Å². The largest absolute Gasteiger partial charge is 0.303 e. The number of amides is 1. The van der Waals surface area contributed by atoms with E-state index >= 15 is 0 Å². The molecule has 5 nitrogen and oxygen atoms in total. The van der Waals surface area contributed by atoms with Crippen LogP contribution in [0.15, 0.2) is 66.1 Å². The van der Waals surface area contributed by atoms with Gasteiger partial charge in [0.05, 0.1) is 18.3 Å². The van der Waals surface area contributed by atoms with Gasteiger partial charge in [-0.2, -0.15) is 0 Å². The molecule has 0 saturated heterocycles. The molecule has 142 valence electrons. The van der Waals surface area contributed by atoms with Crippen LogP contribution in [0, 0.1) is 5.82 Å². The molecule has 0 spiro atoms. The van der Waals surface area contributed by atoms with Gasteiger partial charge in [-0.1, -0.05) is 30.3 Å². The molecule has 3 rings (SSSR count). The third-order valence-corrected chi connectivity index (χ3v) is 5.69. The Kier molecular flexibility index (Phi) is 5.72. The van der Waals surface area contributed by atoms with E-state index in [1.807, 2.05) is 23.1 Å². The molecule has 2 aromatic carbocycles. The van der Waals surface area contributed by atoms with Crippen LogP contribution >= 0.6 is 0 Å². The van der Waals surface area contributed by atoms with E-state index in [-0.39, 0.29) is 24.0 Å². The van der Waals surface area contributed by atoms with Gasteiger partial charge >= 0.3 is 0 Å². The minimum absolute atomic E-state index is 0.108. The third-order valence-electron chi connectivity index (χ3n) is 4.32. The lowest BCUT2D eigenvalue weighted by molar-refractivity contribution is -0.119. The number of anilines is 1. The first kappa shape index (κ1) is 19.3. The number of hydrogen-bond donors (Lipinski definition) is 0. The van der Waals surface area contributed by atoms with Crippen LogP contribution in [-0.2, 0) is 21.2 Å². The topological polar surface area (TPSA) is 57.7 Å². The van der Waals surface area contributed by atoms with E-state index in [0.29, 0.717) is 12.2 Å². The van der Waals surface area contributed by atoms with Gasteiger partial charge in [-0.25, -0.2) is 12.8 Å². The second kappa shape index (κ2) is 8.02. The lowest BCUT2D eigenvalue weighted by Gasteiger charge is -2.29. The highest BCUT2D eigenvalue weighted by atomic mass is 32.2. The van der Waals surface area contributed by atoms with Gasteiger partial charge in [-0.15, -0.1) is 0 Å². The van der Waals surface area contributed by atoms with E-state index in [0.717, 1.165) is 5.56 Å². The standard InChI is InChI=1S/C20H21FN2O3S/c1-22(13-16-7-9-17(21)10-8-16)14-20(24)23(18-5-3-2-4-6-18)19-11-12-27(25,26)15-19/h2-12,19H,13-15H2,1H3/t19-/m0/s1. The molecular formula is C20H21FN2O3S. The molecular weight excluding hydrogens is 367 g/mol. The van der Waals surface area contributed by atoms with E-state index in [2.05, 4.69) is 0 Å². The highest BCUT2D eigenvalue weighted by Gasteiger charge is 2.31. The summed E-state index contributed by atoms with van der Waals surface area (Å²) in [6.07, 6.45) is 1.56. The van der Waals surface area contributed by atoms with E-state index in [1.54, 1.807) is 37.4 Å². The Hall–Kier alpha value is -2.51. The summed E-state index contributed by atoms with van der Waals surface area (Å²) < 4.78 is 36.7. The van der Waals surface area contributed by atoms with Crippen LogP contribution < -0.4 is 4.90 Å². The maximum absolute atomic E-state index is 13.0. The molecule has 0 N–H and O–H groups in total. The van der Waals surface area contributed by atoms with Crippen molar-refractivity contribution >= 4 is 21.4 Å². The first-order chi connectivity index (χ1) is 12.8. The Morgan fingerprint density at radius 3 is 2.37 bits per heavy atom. The molecule has 0 aliphatic carbocycles. The van der Waals surface area contributed by atoms with E-state index < -0.39 is 15.9 Å². The molecule has 1 aliphatic heterocycles. The van der Waals surface area contributed by atoms with Gasteiger partial charge in [-0.3, -0.25) is 9.69 Å². The second-order valence-corrected chi connectivity index (χ2v) is 8.55. The molecule has 1 heterocycles. The lowest BCUT2D eigenvalue weighted by Crippen LogP contribution is -2.45. The Bertz CT molecular complexity index is 927. The second-order valence-electron chi connectivity index (χ2n) is 6.62. The van der Waals surface area contributed by atoms with Crippen molar-refractivity contribution in [3.05, 3.63) is 77.5 Å². The fourth-order valence-corrected chi connectivity index (χ4v) is 4.36. The Labute approximate surface area is 158 Å². The van der Waals surface area contributed by atoms with Gasteiger partial charge in [0.25, 0.3) is 0 Å². The zero-order valence-corrected chi connectivity index (χ0v) is 15.8. The first-order valence-corrected chi connectivity index (χ1v) is 10.3. The van der Waals surface area contributed by atoms with Gasteiger partial charge < -0.3 is 4.90 Å². The summed E-state index contributed by atoms with van der Waals surface area (Å²) in [5.41, 5.74) is 1.55. The van der Waals surface area contributed by atoms with Crippen molar-refractivity contribution in [1.29, 1.82) is 0 Å². The molecule has 1 atom stereocenters. The molecule has 0 radical (unpaired) electrons. The lowest BCUT2D eigenvalue weighted by atomic mass is 10.2. The number of rotatable bonds is 6. The summed E-state index contributed by atoms with van der Waals surface area (Å²) in [6, 6.07) is 14.6. The molecule has 0 bridgehead atoms. The van der Waals surface area contributed by atoms with E-state index in [9.17, 15) is 17.6 Å². The highest BCUT2D eigenvalue weighted by Crippen LogP contribution is 2.23. The quantitative estimate of drug-likeness (QED) is 0.763. The van der Waals surface area contributed by atoms with Crippen LogP contribution in [0.2, 0.25) is 0 Å². The average Bonchev–Trinajstić information content (AvgIpc) is 2.97. The number of carbonyl (C=O) groups is 1. The number of nitrogens with zero attached hydrogens (tertiary/aromatic N) is 2. The molecule has 0 unspecified atom stereocenters. The summed E-state index contributed by atoms with van der Waals surface area (Å²) in [5, 5.41) is 1.17. The Morgan fingerprint density at radius 1 is 1.11 bits per heavy atom. The molecule has 0 fully saturated rings. The maximum atomic E-state index is 13.0. The third kappa shape index (κ3) is 5.02. The van der Waals surface area contributed by atoms with Crippen molar-refractivity contribution in [3.8, 4) is 0 Å². The number of likely N-dealkylation sites (N-methyl/N-ethyl adjacent to an activating group) is 1. The van der Waals surface area contributed by atoms with Crippen LogP contribution in [0.25, 0.3) is 0 Å². The van der Waals surface area contributed by atoms with Gasteiger partial charge in [0.2, 0.25) is 5.91 Å². The zero-order chi connectivity index (χ0) is 19.4. The molecule has 0 aromatic heterocycles. The number of benzene rings is 2. The molecule has 1 aliphatic rings. The summed E-state index contributed by atoms with van der Waals surface area (Å²) in [5.74, 6) is -0.616. The predicted octanol–water partition coefficient (Wildman–Crippen LogP) is 2.60. The first-order valence-electron chi connectivity index (χ1n) is 8.55. The SMILES string of the molecule is CN(CC(=O)N(c1ccccc1)[C@H]1C=CS(=O)(=O)C1)Cc1ccc(F)cc1. The van der Waals surface area contributed by atoms with E-state index in [1.165, 1.54) is 22.4 Å². The van der Waals surface area contributed by atoms with Crippen molar-refractivity contribution in [2.24, 2.45) is 0 Å². The molecule has 1 amide bonds. The van der Waals surface area contributed by atoms with Crippen LogP contribution in [0.1, 0.15) is 5.56 Å². The summed E-state index contributed by atoms with van der Waals surface area (Å²) >= 11 is 0. The Morgan fingerprint density at radius 2 is 1.78 bits per heavy atom. The van der Waals surface area contributed by atoms with Crippen molar-refractivity contribution in [2.45, 2.75) is 12.6 Å². The fourth-order valence-electron chi connectivity index (χ4n) is 3.09. The van der Waals surface area contributed by atoms with Crippen LogP contribution in [0.5, 0.6) is 0 Å². The summed E-state index contributed by atoms with van der Waals surface area (Å²) in [4.78, 5) is 16.3. The van der Waals surface area contributed by atoms with Crippen LogP contribution in [0.3, 0.4) is 0 Å². The average molecular weight is 388 g/mol. The molecule has 27 heavy (non-hydrogen) atoms. The van der Waals surface area contributed by atoms with Crippen molar-refractivity contribution in [2.75, 3.05) is 24.2 Å². The van der Waals surface area contributed by atoms with E-state index in [4.69, 9.17) is 0 Å².